The monoisotopic (exact) mass is 366 g/mol. The summed E-state index contributed by atoms with van der Waals surface area (Å²) in [6, 6.07) is 3.85. The second-order valence-electron chi connectivity index (χ2n) is 4.55. The van der Waals surface area contributed by atoms with Gasteiger partial charge in [0.1, 0.15) is 5.75 Å². The van der Waals surface area contributed by atoms with Crippen LogP contribution in [0.4, 0.5) is 18.9 Å². The van der Waals surface area contributed by atoms with Crippen molar-refractivity contribution in [3.05, 3.63) is 22.7 Å². The highest BCUT2D eigenvalue weighted by atomic mass is 79.9. The summed E-state index contributed by atoms with van der Waals surface area (Å²) in [5.74, 6) is -0.408. The molecule has 1 aromatic rings. The molecule has 0 bridgehead atoms. The van der Waals surface area contributed by atoms with Gasteiger partial charge < -0.3 is 15.0 Å². The third-order valence-corrected chi connectivity index (χ3v) is 3.73. The highest BCUT2D eigenvalue weighted by Gasteiger charge is 2.34. The number of carbonyl (C=O) groups excluding carboxylic acids is 1. The van der Waals surface area contributed by atoms with Crippen molar-refractivity contribution in [3.8, 4) is 5.75 Å². The van der Waals surface area contributed by atoms with Crippen LogP contribution in [0, 0.1) is 0 Å². The SMILES string of the molecule is CCNC1CCN(c2ccc(OC(F)(F)F)c(Br)c2)C1=O. The number of alkyl halides is 3. The third-order valence-electron chi connectivity index (χ3n) is 3.11. The van der Waals surface area contributed by atoms with Crippen molar-refractivity contribution in [2.24, 2.45) is 0 Å². The third kappa shape index (κ3) is 3.88. The zero-order valence-corrected chi connectivity index (χ0v) is 12.8. The number of likely N-dealkylation sites (N-methyl/N-ethyl adjacent to an activating group) is 1. The summed E-state index contributed by atoms with van der Waals surface area (Å²) >= 11 is 3.03. The number of hydrogen-bond acceptors (Lipinski definition) is 3. The van der Waals surface area contributed by atoms with E-state index in [4.69, 9.17) is 0 Å². The Morgan fingerprint density at radius 2 is 2.19 bits per heavy atom. The van der Waals surface area contributed by atoms with Crippen LogP contribution in [0.3, 0.4) is 0 Å². The van der Waals surface area contributed by atoms with Crippen LogP contribution in [-0.2, 0) is 4.79 Å². The Kier molecular flexibility index (Phi) is 4.77. The number of benzene rings is 1. The first-order valence-corrected chi connectivity index (χ1v) is 7.21. The van der Waals surface area contributed by atoms with E-state index in [0.29, 0.717) is 25.2 Å². The van der Waals surface area contributed by atoms with E-state index in [9.17, 15) is 18.0 Å². The summed E-state index contributed by atoms with van der Waals surface area (Å²) in [4.78, 5) is 13.7. The predicted molar refractivity (Wildman–Crippen MR) is 75.3 cm³/mol. The molecule has 1 saturated heterocycles. The van der Waals surface area contributed by atoms with Gasteiger partial charge in [-0.25, -0.2) is 0 Å². The van der Waals surface area contributed by atoms with Gasteiger partial charge in [-0.15, -0.1) is 13.2 Å². The van der Waals surface area contributed by atoms with Crippen LogP contribution < -0.4 is 15.0 Å². The first-order valence-electron chi connectivity index (χ1n) is 6.42. The number of hydrogen-bond donors (Lipinski definition) is 1. The van der Waals surface area contributed by atoms with E-state index in [1.165, 1.54) is 18.2 Å². The first-order chi connectivity index (χ1) is 9.81. The van der Waals surface area contributed by atoms with Gasteiger partial charge in [0, 0.05) is 12.2 Å². The summed E-state index contributed by atoms with van der Waals surface area (Å²) in [6.45, 7) is 3.13. The Balaban J connectivity index is 2.16. The molecule has 1 aliphatic rings. The molecule has 116 valence electrons. The molecule has 1 unspecified atom stereocenters. The fourth-order valence-electron chi connectivity index (χ4n) is 2.24. The zero-order chi connectivity index (χ0) is 15.6. The van der Waals surface area contributed by atoms with E-state index in [2.05, 4.69) is 26.0 Å². The minimum absolute atomic E-state index is 0.0757. The molecule has 8 heteroatoms. The fraction of sp³-hybridized carbons (Fsp3) is 0.462. The Labute approximate surface area is 128 Å². The average Bonchev–Trinajstić information content (AvgIpc) is 2.73. The summed E-state index contributed by atoms with van der Waals surface area (Å²) in [6.07, 6.45) is -4.07. The molecule has 1 heterocycles. The largest absolute Gasteiger partial charge is 0.573 e. The Morgan fingerprint density at radius 1 is 1.48 bits per heavy atom. The number of nitrogens with one attached hydrogen (secondary N) is 1. The second-order valence-corrected chi connectivity index (χ2v) is 5.41. The number of carbonyl (C=O) groups is 1. The fourth-order valence-corrected chi connectivity index (χ4v) is 2.68. The van der Waals surface area contributed by atoms with Crippen molar-refractivity contribution >= 4 is 27.5 Å². The number of halogens is 4. The molecule has 0 radical (unpaired) electrons. The highest BCUT2D eigenvalue weighted by molar-refractivity contribution is 9.10. The van der Waals surface area contributed by atoms with Crippen LogP contribution in [0.1, 0.15) is 13.3 Å². The summed E-state index contributed by atoms with van der Waals surface area (Å²) in [7, 11) is 0. The Morgan fingerprint density at radius 3 is 2.76 bits per heavy atom. The van der Waals surface area contributed by atoms with Gasteiger partial charge in [-0.1, -0.05) is 6.92 Å². The first kappa shape index (κ1) is 16.1. The molecule has 0 aliphatic carbocycles. The predicted octanol–water partition coefficient (Wildman–Crippen LogP) is 3.06. The zero-order valence-electron chi connectivity index (χ0n) is 11.2. The van der Waals surface area contributed by atoms with E-state index in [1.807, 2.05) is 6.92 Å². The van der Waals surface area contributed by atoms with Crippen LogP contribution in [0.15, 0.2) is 22.7 Å². The van der Waals surface area contributed by atoms with Gasteiger partial charge in [-0.3, -0.25) is 4.79 Å². The molecule has 1 amide bonds. The van der Waals surface area contributed by atoms with Gasteiger partial charge in [0.15, 0.2) is 0 Å². The molecular formula is C13H14BrF3N2O2. The maximum atomic E-state index is 12.2. The van der Waals surface area contributed by atoms with Gasteiger partial charge in [0.2, 0.25) is 5.91 Å². The number of ether oxygens (including phenoxy) is 1. The molecule has 1 fully saturated rings. The molecule has 1 aliphatic heterocycles. The number of amides is 1. The van der Waals surface area contributed by atoms with Crippen LogP contribution >= 0.6 is 15.9 Å². The lowest BCUT2D eigenvalue weighted by Gasteiger charge is -2.18. The van der Waals surface area contributed by atoms with E-state index in [-0.39, 0.29) is 22.2 Å². The number of nitrogens with zero attached hydrogens (tertiary/aromatic N) is 1. The number of rotatable bonds is 4. The Hall–Kier alpha value is -1.28. The lowest BCUT2D eigenvalue weighted by atomic mass is 10.2. The summed E-state index contributed by atoms with van der Waals surface area (Å²) < 4.78 is 40.6. The maximum Gasteiger partial charge on any atom is 0.573 e. The smallest absolute Gasteiger partial charge is 0.405 e. The van der Waals surface area contributed by atoms with E-state index in [0.717, 1.165) is 0 Å². The molecule has 0 aromatic heterocycles. The molecular weight excluding hydrogens is 353 g/mol. The van der Waals surface area contributed by atoms with Crippen LogP contribution in [0.5, 0.6) is 5.75 Å². The van der Waals surface area contributed by atoms with Gasteiger partial charge >= 0.3 is 6.36 Å². The molecule has 0 saturated carbocycles. The topological polar surface area (TPSA) is 41.6 Å². The quantitative estimate of drug-likeness (QED) is 0.890. The molecule has 4 nitrogen and oxygen atoms in total. The maximum absolute atomic E-state index is 12.2. The normalized spacial score (nSPS) is 19.2. The molecule has 1 N–H and O–H groups in total. The standard InChI is InChI=1S/C13H14BrF3N2O2/c1-2-18-10-5-6-19(12(10)20)8-3-4-11(9(14)7-8)21-13(15,16)17/h3-4,7,10,18H,2,5-6H2,1H3. The average molecular weight is 367 g/mol. The van der Waals surface area contributed by atoms with Crippen molar-refractivity contribution in [1.82, 2.24) is 5.32 Å². The number of anilines is 1. The van der Waals surface area contributed by atoms with Crippen molar-refractivity contribution in [2.75, 3.05) is 18.0 Å². The minimum Gasteiger partial charge on any atom is -0.405 e. The van der Waals surface area contributed by atoms with Gasteiger partial charge in [0.25, 0.3) is 0 Å². The van der Waals surface area contributed by atoms with Crippen molar-refractivity contribution in [2.45, 2.75) is 25.7 Å². The molecule has 0 spiro atoms. The Bertz CT molecular complexity index is 537. The van der Waals surface area contributed by atoms with E-state index < -0.39 is 6.36 Å². The second kappa shape index (κ2) is 6.23. The van der Waals surface area contributed by atoms with E-state index >= 15 is 0 Å². The van der Waals surface area contributed by atoms with Crippen LogP contribution in [0.25, 0.3) is 0 Å². The van der Waals surface area contributed by atoms with E-state index in [1.54, 1.807) is 4.90 Å². The van der Waals surface area contributed by atoms with Gasteiger partial charge in [-0.2, -0.15) is 0 Å². The molecule has 1 aromatic carbocycles. The summed E-state index contributed by atoms with van der Waals surface area (Å²) in [5, 5.41) is 3.07. The van der Waals surface area contributed by atoms with Gasteiger partial charge in [-0.05, 0) is 47.1 Å². The minimum atomic E-state index is -4.75. The molecule has 2 rings (SSSR count). The molecule has 21 heavy (non-hydrogen) atoms. The van der Waals surface area contributed by atoms with Crippen LogP contribution in [-0.4, -0.2) is 31.4 Å². The summed E-state index contributed by atoms with van der Waals surface area (Å²) in [5.41, 5.74) is 0.543. The van der Waals surface area contributed by atoms with Crippen LogP contribution in [0.2, 0.25) is 0 Å². The molecule has 1 atom stereocenters. The lowest BCUT2D eigenvalue weighted by Crippen LogP contribution is -2.38. The van der Waals surface area contributed by atoms with Gasteiger partial charge in [0.05, 0.1) is 10.5 Å². The highest BCUT2D eigenvalue weighted by Crippen LogP contribution is 2.34. The van der Waals surface area contributed by atoms with Crippen molar-refractivity contribution in [3.63, 3.8) is 0 Å². The van der Waals surface area contributed by atoms with Crippen molar-refractivity contribution < 1.29 is 22.7 Å². The lowest BCUT2D eigenvalue weighted by molar-refractivity contribution is -0.274. The van der Waals surface area contributed by atoms with Crippen molar-refractivity contribution in [1.29, 1.82) is 0 Å².